The Morgan fingerprint density at radius 3 is 2.24 bits per heavy atom. The molecule has 2 aromatic carbocycles. The van der Waals surface area contributed by atoms with E-state index in [-0.39, 0.29) is 18.1 Å². The largest absolute Gasteiger partial charge is 0.465 e. The van der Waals surface area contributed by atoms with Gasteiger partial charge in [0.25, 0.3) is 0 Å². The average Bonchev–Trinajstić information content (AvgIpc) is 2.77. The van der Waals surface area contributed by atoms with Gasteiger partial charge in [0.15, 0.2) is 5.92 Å². The van der Waals surface area contributed by atoms with Crippen LogP contribution in [0, 0.1) is 0 Å². The van der Waals surface area contributed by atoms with Gasteiger partial charge in [-0.15, -0.1) is 6.58 Å². The summed E-state index contributed by atoms with van der Waals surface area (Å²) < 4.78 is 53.8. The fourth-order valence-electron chi connectivity index (χ4n) is 2.96. The summed E-state index contributed by atoms with van der Waals surface area (Å²) in [6.07, 6.45) is -3.66. The maximum atomic E-state index is 13.5. The fraction of sp³-hybridized carbons (Fsp3) is 0.333. The van der Waals surface area contributed by atoms with E-state index in [1.807, 2.05) is 0 Å². The van der Waals surface area contributed by atoms with Gasteiger partial charge in [0.2, 0.25) is 0 Å². The molecule has 0 radical (unpaired) electrons. The molecule has 33 heavy (non-hydrogen) atoms. The third-order valence-corrected chi connectivity index (χ3v) is 5.54. The van der Waals surface area contributed by atoms with Crippen LogP contribution in [0.4, 0.5) is 13.2 Å². The Kier molecular flexibility index (Phi) is 9.99. The first-order chi connectivity index (χ1) is 15.7. The van der Waals surface area contributed by atoms with Gasteiger partial charge in [-0.1, -0.05) is 48.5 Å². The highest BCUT2D eigenvalue weighted by Gasteiger charge is 2.47. The summed E-state index contributed by atoms with van der Waals surface area (Å²) in [5, 5.41) is 0. The van der Waals surface area contributed by atoms with Crippen molar-refractivity contribution in [1.82, 2.24) is 4.72 Å². The number of alkyl halides is 3. The van der Waals surface area contributed by atoms with Crippen LogP contribution in [-0.4, -0.2) is 30.8 Å². The fourth-order valence-corrected chi connectivity index (χ4v) is 3.71. The predicted molar refractivity (Wildman–Crippen MR) is 120 cm³/mol. The molecule has 0 spiro atoms. The van der Waals surface area contributed by atoms with Crippen molar-refractivity contribution >= 4 is 23.9 Å². The molecule has 1 N–H and O–H groups in total. The van der Waals surface area contributed by atoms with Crippen LogP contribution in [0.25, 0.3) is 0 Å². The molecule has 0 fully saturated rings. The van der Waals surface area contributed by atoms with Crippen molar-refractivity contribution in [1.29, 1.82) is 0 Å². The molecule has 9 heteroatoms. The van der Waals surface area contributed by atoms with E-state index in [1.165, 1.54) is 43.1 Å². The molecule has 0 aromatic heterocycles. The summed E-state index contributed by atoms with van der Waals surface area (Å²) in [6, 6.07) is 13.1. The van der Waals surface area contributed by atoms with Crippen molar-refractivity contribution in [2.75, 3.05) is 6.61 Å². The average molecular weight is 482 g/mol. The summed E-state index contributed by atoms with van der Waals surface area (Å²) in [7, 11) is 0. The summed E-state index contributed by atoms with van der Waals surface area (Å²) in [5.74, 6) is -4.10. The molecule has 0 aliphatic heterocycles. The first kappa shape index (κ1) is 26.5. The number of ether oxygens (including phenoxy) is 2. The lowest BCUT2D eigenvalue weighted by Crippen LogP contribution is -2.33. The molecular formula is C24H26F3NO4S. The molecule has 0 aliphatic rings. The summed E-state index contributed by atoms with van der Waals surface area (Å²) in [6.45, 7) is 7.13. The third-order valence-electron chi connectivity index (χ3n) is 4.63. The highest BCUT2D eigenvalue weighted by molar-refractivity contribution is 7.97. The molecule has 5 nitrogen and oxygen atoms in total. The smallest absolute Gasteiger partial charge is 0.406 e. The lowest BCUT2D eigenvalue weighted by molar-refractivity contribution is -0.184. The highest BCUT2D eigenvalue weighted by atomic mass is 32.2. The number of carbonyl (C=O) groups is 2. The summed E-state index contributed by atoms with van der Waals surface area (Å²) in [4.78, 5) is 25.1. The topological polar surface area (TPSA) is 64.6 Å². The van der Waals surface area contributed by atoms with Crippen molar-refractivity contribution in [3.8, 4) is 0 Å². The number of halogens is 3. The number of carbonyl (C=O) groups excluding carboxylic acids is 2. The number of hydrogen-bond donors (Lipinski definition) is 1. The predicted octanol–water partition coefficient (Wildman–Crippen LogP) is 5.74. The quantitative estimate of drug-likeness (QED) is 0.251. The second-order valence-corrected chi connectivity index (χ2v) is 7.99. The van der Waals surface area contributed by atoms with Crippen molar-refractivity contribution < 1.29 is 32.2 Å². The zero-order chi connectivity index (χ0) is 24.4. The van der Waals surface area contributed by atoms with E-state index >= 15 is 0 Å². The van der Waals surface area contributed by atoms with E-state index in [4.69, 9.17) is 9.47 Å². The number of benzene rings is 2. The number of esters is 2. The monoisotopic (exact) mass is 481 g/mol. The molecule has 2 aromatic rings. The molecule has 0 saturated carbocycles. The van der Waals surface area contributed by atoms with Gasteiger partial charge in [0.05, 0.1) is 6.61 Å². The van der Waals surface area contributed by atoms with Gasteiger partial charge in [-0.05, 0) is 55.5 Å². The number of nitrogens with one attached hydrogen (secondary N) is 1. The number of rotatable bonds is 11. The van der Waals surface area contributed by atoms with E-state index in [9.17, 15) is 22.8 Å². The van der Waals surface area contributed by atoms with Gasteiger partial charge >= 0.3 is 18.1 Å². The van der Waals surface area contributed by atoms with Crippen molar-refractivity contribution in [2.45, 2.75) is 49.4 Å². The van der Waals surface area contributed by atoms with E-state index in [0.717, 1.165) is 4.90 Å². The van der Waals surface area contributed by atoms with E-state index in [0.29, 0.717) is 12.0 Å². The Morgan fingerprint density at radius 2 is 1.70 bits per heavy atom. The van der Waals surface area contributed by atoms with Crippen molar-refractivity contribution in [2.24, 2.45) is 0 Å². The van der Waals surface area contributed by atoms with Crippen LogP contribution < -0.4 is 4.72 Å². The second-order valence-electron chi connectivity index (χ2n) is 7.08. The molecule has 0 bridgehead atoms. The maximum absolute atomic E-state index is 13.5. The van der Waals surface area contributed by atoms with Crippen LogP contribution in [0.5, 0.6) is 0 Å². The van der Waals surface area contributed by atoms with E-state index < -0.39 is 30.2 Å². The highest BCUT2D eigenvalue weighted by Crippen LogP contribution is 2.37. The molecular weight excluding hydrogens is 455 g/mol. The molecule has 0 saturated heterocycles. The van der Waals surface area contributed by atoms with Crippen molar-refractivity contribution in [3.05, 3.63) is 78.4 Å². The van der Waals surface area contributed by atoms with Crippen LogP contribution in [0.3, 0.4) is 0 Å². The molecule has 178 valence electrons. The maximum Gasteiger partial charge on any atom is 0.406 e. The number of hydrogen-bond acceptors (Lipinski definition) is 6. The van der Waals surface area contributed by atoms with Crippen LogP contribution in [0.2, 0.25) is 0 Å². The first-order valence-electron chi connectivity index (χ1n) is 10.3. The van der Waals surface area contributed by atoms with E-state index in [1.54, 1.807) is 43.3 Å². The van der Waals surface area contributed by atoms with Gasteiger partial charge in [-0.3, -0.25) is 9.59 Å². The Morgan fingerprint density at radius 1 is 1.06 bits per heavy atom. The van der Waals surface area contributed by atoms with Gasteiger partial charge in [-0.25, -0.2) is 4.72 Å². The molecule has 3 unspecified atom stereocenters. The second kappa shape index (κ2) is 12.5. The molecule has 0 aliphatic carbocycles. The lowest BCUT2D eigenvalue weighted by Gasteiger charge is -2.22. The minimum absolute atomic E-state index is 0.171. The van der Waals surface area contributed by atoms with Crippen LogP contribution in [-0.2, 0) is 19.1 Å². The van der Waals surface area contributed by atoms with Crippen LogP contribution in [0.1, 0.15) is 43.4 Å². The van der Waals surface area contributed by atoms with Crippen molar-refractivity contribution in [3.63, 3.8) is 0 Å². The Balaban J connectivity index is 2.02. The normalized spacial score (nSPS) is 14.1. The standard InChI is InChI=1S/C24H26F3NO4S/c1-4-9-20(22(29)31-5-2)28-33-19-14-12-17(13-15-19)16(3)32-23(30)21(24(25,26)27)18-10-7-6-8-11-18/h4,6-8,10-16,20-21,28H,1,5,9H2,2-3H3. The molecule has 3 atom stereocenters. The third kappa shape index (κ3) is 7.94. The Hall–Kier alpha value is -2.78. The molecule has 0 amide bonds. The lowest BCUT2D eigenvalue weighted by atomic mass is 9.98. The Labute approximate surface area is 195 Å². The van der Waals surface area contributed by atoms with Gasteiger partial charge in [0.1, 0.15) is 12.1 Å². The zero-order valence-corrected chi connectivity index (χ0v) is 19.1. The summed E-state index contributed by atoms with van der Waals surface area (Å²) >= 11 is 1.21. The minimum Gasteiger partial charge on any atom is -0.465 e. The SMILES string of the molecule is C=CCC(NSc1ccc(C(C)OC(=O)C(c2ccccc2)C(F)(F)F)cc1)C(=O)OCC. The first-order valence-corrected chi connectivity index (χ1v) is 11.1. The molecule has 2 rings (SSSR count). The minimum atomic E-state index is -4.77. The van der Waals surface area contributed by atoms with Gasteiger partial charge in [0, 0.05) is 4.90 Å². The van der Waals surface area contributed by atoms with Crippen LogP contribution in [0.15, 0.2) is 72.1 Å². The van der Waals surface area contributed by atoms with Gasteiger partial charge < -0.3 is 9.47 Å². The van der Waals surface area contributed by atoms with Gasteiger partial charge in [-0.2, -0.15) is 13.2 Å². The summed E-state index contributed by atoms with van der Waals surface area (Å²) in [5.41, 5.74) is 0.366. The molecule has 0 heterocycles. The Bertz CT molecular complexity index is 920. The zero-order valence-electron chi connectivity index (χ0n) is 18.3. The van der Waals surface area contributed by atoms with Crippen LogP contribution >= 0.6 is 11.9 Å². The van der Waals surface area contributed by atoms with E-state index in [2.05, 4.69) is 11.3 Å².